The molecule has 1 N–H and O–H groups in total. The van der Waals surface area contributed by atoms with E-state index in [2.05, 4.69) is 20.8 Å². The number of anilines is 1. The number of halogens is 3. The van der Waals surface area contributed by atoms with Crippen LogP contribution in [0.3, 0.4) is 0 Å². The van der Waals surface area contributed by atoms with Crippen molar-refractivity contribution in [3.05, 3.63) is 64.7 Å². The quantitative estimate of drug-likeness (QED) is 0.740. The number of aryl methyl sites for hydroxylation is 1. The zero-order valence-electron chi connectivity index (χ0n) is 13.2. The number of hydrogen-bond acceptors (Lipinski definition) is 4. The average molecular weight is 347 g/mol. The van der Waals surface area contributed by atoms with Gasteiger partial charge in [-0.05, 0) is 41.5 Å². The molecule has 0 atom stereocenters. The Morgan fingerprint density at radius 2 is 1.80 bits per heavy atom. The molecule has 3 aromatic rings. The highest BCUT2D eigenvalue weighted by Gasteiger charge is 2.19. The van der Waals surface area contributed by atoms with Crippen molar-refractivity contribution in [2.75, 3.05) is 5.32 Å². The molecule has 6 nitrogen and oxygen atoms in total. The molecule has 0 spiro atoms. The number of benzene rings is 2. The first kappa shape index (κ1) is 16.6. The number of aromatic nitrogens is 4. The summed E-state index contributed by atoms with van der Waals surface area (Å²) in [5.74, 6) is -5.02. The van der Waals surface area contributed by atoms with Gasteiger partial charge in [0.1, 0.15) is 6.33 Å². The van der Waals surface area contributed by atoms with Gasteiger partial charge in [-0.2, -0.15) is 4.68 Å². The van der Waals surface area contributed by atoms with E-state index >= 15 is 0 Å². The smallest absolute Gasteiger partial charge is 0.257 e. The summed E-state index contributed by atoms with van der Waals surface area (Å²) in [5, 5.41) is 13.2. The molecule has 0 aliphatic rings. The van der Waals surface area contributed by atoms with Crippen molar-refractivity contribution in [3.63, 3.8) is 0 Å². The van der Waals surface area contributed by atoms with Crippen LogP contribution in [0, 0.1) is 31.3 Å². The van der Waals surface area contributed by atoms with Gasteiger partial charge in [0.2, 0.25) is 0 Å². The maximum absolute atomic E-state index is 13.3. The summed E-state index contributed by atoms with van der Waals surface area (Å²) in [6.45, 7) is 3.65. The molecular formula is C16H12F3N5O. The second-order valence-electron chi connectivity index (χ2n) is 5.37. The van der Waals surface area contributed by atoms with E-state index in [1.165, 1.54) is 11.0 Å². The second kappa shape index (κ2) is 6.34. The fourth-order valence-corrected chi connectivity index (χ4v) is 2.37. The summed E-state index contributed by atoms with van der Waals surface area (Å²) in [7, 11) is 0. The molecule has 1 aromatic heterocycles. The first-order valence-corrected chi connectivity index (χ1v) is 7.18. The van der Waals surface area contributed by atoms with E-state index in [1.54, 1.807) is 19.1 Å². The van der Waals surface area contributed by atoms with Gasteiger partial charge < -0.3 is 5.32 Å². The van der Waals surface area contributed by atoms with Gasteiger partial charge >= 0.3 is 0 Å². The number of carbonyl (C=O) groups excluding carboxylic acids is 1. The number of carbonyl (C=O) groups is 1. The summed E-state index contributed by atoms with van der Waals surface area (Å²) in [4.78, 5) is 12.6. The lowest BCUT2D eigenvalue weighted by Crippen LogP contribution is -2.17. The van der Waals surface area contributed by atoms with Gasteiger partial charge in [-0.15, -0.1) is 5.10 Å². The summed E-state index contributed by atoms with van der Waals surface area (Å²) < 4.78 is 41.0. The van der Waals surface area contributed by atoms with Crippen molar-refractivity contribution in [1.82, 2.24) is 20.2 Å². The van der Waals surface area contributed by atoms with Crippen molar-refractivity contribution < 1.29 is 18.0 Å². The lowest BCUT2D eigenvalue weighted by atomic mass is 10.0. The molecule has 1 heterocycles. The van der Waals surface area contributed by atoms with Gasteiger partial charge in [-0.25, -0.2) is 13.2 Å². The first-order valence-electron chi connectivity index (χ1n) is 7.18. The van der Waals surface area contributed by atoms with Gasteiger partial charge in [0.25, 0.3) is 5.91 Å². The Labute approximate surface area is 140 Å². The molecule has 1 amide bonds. The molecule has 0 fully saturated rings. The minimum atomic E-state index is -1.60. The van der Waals surface area contributed by atoms with E-state index in [4.69, 9.17) is 0 Å². The minimum Gasteiger partial charge on any atom is -0.322 e. The van der Waals surface area contributed by atoms with Crippen LogP contribution >= 0.6 is 0 Å². The lowest BCUT2D eigenvalue weighted by Gasteiger charge is -2.14. The summed E-state index contributed by atoms with van der Waals surface area (Å²) >= 11 is 0. The van der Waals surface area contributed by atoms with Crippen LogP contribution in [0.15, 0.2) is 30.6 Å². The maximum atomic E-state index is 13.3. The van der Waals surface area contributed by atoms with E-state index < -0.39 is 23.4 Å². The third-order valence-corrected chi connectivity index (χ3v) is 3.77. The molecule has 0 radical (unpaired) electrons. The normalized spacial score (nSPS) is 10.8. The van der Waals surface area contributed by atoms with Crippen molar-refractivity contribution in [2.24, 2.45) is 0 Å². The lowest BCUT2D eigenvalue weighted by molar-refractivity contribution is 0.102. The predicted molar refractivity (Wildman–Crippen MR) is 82.9 cm³/mol. The van der Waals surface area contributed by atoms with Crippen LogP contribution in [0.4, 0.5) is 18.9 Å². The Bertz CT molecular complexity index is 934. The highest BCUT2D eigenvalue weighted by molar-refractivity contribution is 6.07. The molecule has 0 saturated carbocycles. The van der Waals surface area contributed by atoms with Crippen LogP contribution in [0.25, 0.3) is 5.69 Å². The van der Waals surface area contributed by atoms with E-state index in [9.17, 15) is 18.0 Å². The fourth-order valence-electron chi connectivity index (χ4n) is 2.37. The minimum absolute atomic E-state index is 0.195. The van der Waals surface area contributed by atoms with Crippen molar-refractivity contribution in [2.45, 2.75) is 13.8 Å². The van der Waals surface area contributed by atoms with Crippen LogP contribution in [0.5, 0.6) is 0 Å². The average Bonchev–Trinajstić information content (AvgIpc) is 3.08. The summed E-state index contributed by atoms with van der Waals surface area (Å²) in [6, 6.07) is 4.68. The third-order valence-electron chi connectivity index (χ3n) is 3.77. The van der Waals surface area contributed by atoms with E-state index in [-0.39, 0.29) is 11.3 Å². The molecule has 9 heteroatoms. The Morgan fingerprint density at radius 1 is 1.12 bits per heavy atom. The zero-order chi connectivity index (χ0) is 18.1. The van der Waals surface area contributed by atoms with Crippen LogP contribution in [-0.4, -0.2) is 26.1 Å². The second-order valence-corrected chi connectivity index (χ2v) is 5.37. The molecule has 0 saturated heterocycles. The van der Waals surface area contributed by atoms with Gasteiger partial charge in [0.05, 0.1) is 11.3 Å². The molecule has 0 aliphatic heterocycles. The number of amides is 1. The largest absolute Gasteiger partial charge is 0.322 e. The number of nitrogens with one attached hydrogen (secondary N) is 1. The van der Waals surface area contributed by atoms with Gasteiger partial charge in [-0.1, -0.05) is 6.07 Å². The van der Waals surface area contributed by atoms with E-state index in [0.717, 1.165) is 11.1 Å². The Hall–Kier alpha value is -3.23. The van der Waals surface area contributed by atoms with Gasteiger partial charge in [0.15, 0.2) is 17.5 Å². The topological polar surface area (TPSA) is 72.7 Å². The van der Waals surface area contributed by atoms with Crippen LogP contribution in [0.1, 0.15) is 21.5 Å². The summed E-state index contributed by atoms with van der Waals surface area (Å²) in [5.41, 5.74) is 2.09. The Morgan fingerprint density at radius 3 is 2.40 bits per heavy atom. The maximum Gasteiger partial charge on any atom is 0.257 e. The molecule has 0 unspecified atom stereocenters. The van der Waals surface area contributed by atoms with Crippen LogP contribution in [0.2, 0.25) is 0 Å². The highest BCUT2D eigenvalue weighted by Crippen LogP contribution is 2.24. The first-order chi connectivity index (χ1) is 11.9. The SMILES string of the molecule is Cc1ccc(C(=O)Nc2cc(F)c(F)c(F)c2)c(-n2cnnn2)c1C. The number of hydrogen-bond donors (Lipinski definition) is 1. The molecule has 128 valence electrons. The molecule has 0 aliphatic carbocycles. The Kier molecular flexibility index (Phi) is 4.22. The molecule has 0 bridgehead atoms. The van der Waals surface area contributed by atoms with Gasteiger partial charge in [0, 0.05) is 17.8 Å². The van der Waals surface area contributed by atoms with E-state index in [1.807, 2.05) is 6.92 Å². The fraction of sp³-hybridized carbons (Fsp3) is 0.125. The van der Waals surface area contributed by atoms with Crippen molar-refractivity contribution >= 4 is 11.6 Å². The summed E-state index contributed by atoms with van der Waals surface area (Å²) in [6.07, 6.45) is 1.33. The predicted octanol–water partition coefficient (Wildman–Crippen LogP) is 2.95. The van der Waals surface area contributed by atoms with Gasteiger partial charge in [-0.3, -0.25) is 4.79 Å². The number of nitrogens with zero attached hydrogens (tertiary/aromatic N) is 4. The standard InChI is InChI=1S/C16H12F3N5O/c1-8-3-4-11(15(9(8)2)24-7-20-22-23-24)16(25)21-10-5-12(17)14(19)13(18)6-10/h3-7H,1-2H3,(H,21,25). The molecule has 25 heavy (non-hydrogen) atoms. The van der Waals surface area contributed by atoms with E-state index in [0.29, 0.717) is 17.8 Å². The monoisotopic (exact) mass is 347 g/mol. The van der Waals surface area contributed by atoms with Crippen molar-refractivity contribution in [1.29, 1.82) is 0 Å². The molecular weight excluding hydrogens is 335 g/mol. The highest BCUT2D eigenvalue weighted by atomic mass is 19.2. The zero-order valence-corrected chi connectivity index (χ0v) is 13.2. The third kappa shape index (κ3) is 3.08. The van der Waals surface area contributed by atoms with Crippen LogP contribution in [-0.2, 0) is 0 Å². The number of tetrazole rings is 1. The Balaban J connectivity index is 2.02. The molecule has 2 aromatic carbocycles. The van der Waals surface area contributed by atoms with Crippen molar-refractivity contribution in [3.8, 4) is 5.69 Å². The number of rotatable bonds is 3. The van der Waals surface area contributed by atoms with Crippen LogP contribution < -0.4 is 5.32 Å². The molecule has 3 rings (SSSR count).